The van der Waals surface area contributed by atoms with Crippen molar-refractivity contribution in [2.24, 2.45) is 5.92 Å². The second-order valence-electron chi connectivity index (χ2n) is 3.48. The van der Waals surface area contributed by atoms with Crippen LogP contribution in [0, 0.1) is 46.5 Å². The number of nitrogens with zero attached hydrogens (tertiary/aromatic N) is 4. The summed E-state index contributed by atoms with van der Waals surface area (Å²) in [5, 5.41) is 25.5. The summed E-state index contributed by atoms with van der Waals surface area (Å²) in [6.07, 6.45) is 0. The van der Waals surface area contributed by atoms with E-state index in [9.17, 15) is 17.6 Å². The molecule has 0 aromatic carbocycles. The van der Waals surface area contributed by atoms with Gasteiger partial charge in [0.1, 0.15) is 17.7 Å². The van der Waals surface area contributed by atoms with E-state index >= 15 is 0 Å². The summed E-state index contributed by atoms with van der Waals surface area (Å²) < 4.78 is 54.7. The summed E-state index contributed by atoms with van der Waals surface area (Å²) >= 11 is 0. The normalized spacial score (nSPS) is 19.6. The third-order valence-electron chi connectivity index (χ3n) is 2.47. The van der Waals surface area contributed by atoms with Gasteiger partial charge < -0.3 is 0 Å². The molecular weight excluding hydrogens is 276 g/mol. The second kappa shape index (κ2) is 5.69. The van der Waals surface area contributed by atoms with Crippen molar-refractivity contribution in [3.05, 3.63) is 45.9 Å². The molecule has 0 aromatic rings. The van der Waals surface area contributed by atoms with Crippen molar-refractivity contribution in [2.45, 2.75) is 6.04 Å². The van der Waals surface area contributed by atoms with Gasteiger partial charge in [0.2, 0.25) is 0 Å². The van der Waals surface area contributed by atoms with Crippen LogP contribution in [-0.2, 0) is 0 Å². The second-order valence-corrected chi connectivity index (χ2v) is 3.48. The van der Waals surface area contributed by atoms with Crippen LogP contribution in [0.1, 0.15) is 0 Å². The predicted octanol–water partition coefficient (Wildman–Crippen LogP) is 3.07. The first-order valence-electron chi connectivity index (χ1n) is 4.86. The molecule has 0 heterocycles. The topological polar surface area (TPSA) is 75.7 Å². The van der Waals surface area contributed by atoms with Crippen LogP contribution in [0.5, 0.6) is 0 Å². The molecule has 20 heavy (non-hydrogen) atoms. The van der Waals surface area contributed by atoms with Gasteiger partial charge in [-0.3, -0.25) is 4.85 Å². The fourth-order valence-corrected chi connectivity index (χ4v) is 1.53. The summed E-state index contributed by atoms with van der Waals surface area (Å²) in [5.41, 5.74) is -2.59. The van der Waals surface area contributed by atoms with Gasteiger partial charge in [0, 0.05) is 0 Å². The SMILES string of the molecule is [C-]#[N+]C(C#N)C1C(F)=C(F)C(=C(C#N)C#N)C(F)=C1F. The van der Waals surface area contributed by atoms with Crippen LogP contribution in [0.25, 0.3) is 4.85 Å². The van der Waals surface area contributed by atoms with Gasteiger partial charge in [-0.15, -0.1) is 0 Å². The van der Waals surface area contributed by atoms with E-state index in [0.29, 0.717) is 0 Å². The molecule has 0 bridgehead atoms. The van der Waals surface area contributed by atoms with Crippen LogP contribution in [0.2, 0.25) is 0 Å². The molecule has 1 unspecified atom stereocenters. The molecule has 1 atom stereocenters. The molecule has 0 fully saturated rings. The van der Waals surface area contributed by atoms with Gasteiger partial charge in [-0.2, -0.15) is 15.8 Å². The Bertz CT molecular complexity index is 661. The molecule has 0 saturated heterocycles. The monoisotopic (exact) mass is 278 g/mol. The highest BCUT2D eigenvalue weighted by molar-refractivity contribution is 5.59. The lowest BCUT2D eigenvalue weighted by Gasteiger charge is -2.18. The van der Waals surface area contributed by atoms with Crippen LogP contribution < -0.4 is 0 Å². The average Bonchev–Trinajstić information content (AvgIpc) is 2.46. The molecule has 98 valence electrons. The highest BCUT2D eigenvalue weighted by Crippen LogP contribution is 2.44. The van der Waals surface area contributed by atoms with Crippen molar-refractivity contribution in [3.63, 3.8) is 0 Å². The first kappa shape index (κ1) is 15.0. The van der Waals surface area contributed by atoms with Gasteiger partial charge in [-0.1, -0.05) is 0 Å². The third-order valence-corrected chi connectivity index (χ3v) is 2.47. The zero-order valence-corrected chi connectivity index (χ0v) is 9.46. The van der Waals surface area contributed by atoms with Crippen LogP contribution in [0.3, 0.4) is 0 Å². The van der Waals surface area contributed by atoms with Gasteiger partial charge >= 0.3 is 6.04 Å². The fourth-order valence-electron chi connectivity index (χ4n) is 1.53. The minimum absolute atomic E-state index is 1.11. The van der Waals surface area contributed by atoms with Crippen molar-refractivity contribution >= 4 is 0 Å². The Kier molecular flexibility index (Phi) is 4.26. The van der Waals surface area contributed by atoms with E-state index in [1.807, 2.05) is 0 Å². The first-order valence-corrected chi connectivity index (χ1v) is 4.86. The number of halogens is 4. The smallest absolute Gasteiger partial charge is 0.296 e. The summed E-state index contributed by atoms with van der Waals surface area (Å²) in [6, 6.07) is 1.43. The molecule has 0 aliphatic heterocycles. The van der Waals surface area contributed by atoms with Crippen LogP contribution >= 0.6 is 0 Å². The van der Waals surface area contributed by atoms with E-state index in [-0.39, 0.29) is 0 Å². The van der Waals surface area contributed by atoms with E-state index < -0.39 is 46.4 Å². The lowest BCUT2D eigenvalue weighted by Crippen LogP contribution is -2.22. The molecule has 0 spiro atoms. The van der Waals surface area contributed by atoms with E-state index in [0.717, 1.165) is 12.1 Å². The van der Waals surface area contributed by atoms with Crippen molar-refractivity contribution < 1.29 is 17.6 Å². The Morgan fingerprint density at radius 1 is 1.05 bits per heavy atom. The lowest BCUT2D eigenvalue weighted by atomic mass is 9.88. The molecule has 0 amide bonds. The molecule has 0 saturated carbocycles. The number of allylic oxidation sites excluding steroid dienone is 4. The average molecular weight is 278 g/mol. The number of hydrogen-bond acceptors (Lipinski definition) is 3. The zero-order chi connectivity index (χ0) is 15.4. The minimum Gasteiger partial charge on any atom is -0.296 e. The summed E-state index contributed by atoms with van der Waals surface area (Å²) in [4.78, 5) is 2.57. The maximum Gasteiger partial charge on any atom is 0.322 e. The number of hydrogen-bond donors (Lipinski definition) is 0. The molecule has 8 heteroatoms. The zero-order valence-electron chi connectivity index (χ0n) is 9.46. The fraction of sp³-hybridized carbons (Fsp3) is 0.167. The van der Waals surface area contributed by atoms with Crippen LogP contribution in [0.4, 0.5) is 17.6 Å². The van der Waals surface area contributed by atoms with Gasteiger partial charge in [0.15, 0.2) is 35.3 Å². The van der Waals surface area contributed by atoms with Crippen molar-refractivity contribution in [1.29, 1.82) is 15.8 Å². The van der Waals surface area contributed by atoms with Crippen molar-refractivity contribution in [2.75, 3.05) is 0 Å². The van der Waals surface area contributed by atoms with E-state index in [2.05, 4.69) is 4.85 Å². The van der Waals surface area contributed by atoms with E-state index in [1.54, 1.807) is 0 Å². The minimum atomic E-state index is -2.35. The molecule has 1 rings (SSSR count). The molecule has 1 aliphatic rings. The van der Waals surface area contributed by atoms with E-state index in [1.165, 1.54) is 6.07 Å². The molecule has 1 aliphatic carbocycles. The van der Waals surface area contributed by atoms with E-state index in [4.69, 9.17) is 22.4 Å². The quantitative estimate of drug-likeness (QED) is 0.420. The molecule has 0 radical (unpaired) electrons. The Morgan fingerprint density at radius 3 is 1.80 bits per heavy atom. The number of nitriles is 3. The third kappa shape index (κ3) is 2.11. The Labute approximate surface area is 110 Å². The summed E-state index contributed by atoms with van der Waals surface area (Å²) in [6.45, 7) is 6.58. The molecule has 0 N–H and O–H groups in total. The van der Waals surface area contributed by atoms with Crippen LogP contribution in [-0.4, -0.2) is 6.04 Å². The number of rotatable bonds is 1. The van der Waals surface area contributed by atoms with Gasteiger partial charge in [0.05, 0.1) is 5.57 Å². The maximum atomic E-state index is 13.7. The maximum absolute atomic E-state index is 13.7. The standard InChI is InChI=1S/C12H2F4N4/c1-20-6(4-19)8-11(15)9(13)7(5(2-17)3-18)10(14)12(8)16/h6,8H. The Morgan fingerprint density at radius 2 is 1.50 bits per heavy atom. The highest BCUT2D eigenvalue weighted by Gasteiger charge is 2.45. The summed E-state index contributed by atoms with van der Waals surface area (Å²) in [7, 11) is 0. The predicted molar refractivity (Wildman–Crippen MR) is 56.2 cm³/mol. The van der Waals surface area contributed by atoms with Gasteiger partial charge in [0.25, 0.3) is 0 Å². The highest BCUT2D eigenvalue weighted by atomic mass is 19.2. The molecular formula is C12H2F4N4. The van der Waals surface area contributed by atoms with Gasteiger partial charge in [-0.25, -0.2) is 24.1 Å². The molecule has 0 aromatic heterocycles. The Hall–Kier alpha value is -3.10. The van der Waals surface area contributed by atoms with Crippen LogP contribution in [0.15, 0.2) is 34.5 Å². The summed E-state index contributed by atoms with van der Waals surface area (Å²) in [5.74, 6) is -10.1. The van der Waals surface area contributed by atoms with Crippen molar-refractivity contribution in [3.8, 4) is 18.2 Å². The first-order chi connectivity index (χ1) is 9.44. The largest absolute Gasteiger partial charge is 0.322 e. The Balaban J connectivity index is 3.67. The van der Waals surface area contributed by atoms with Gasteiger partial charge in [-0.05, 0) is 0 Å². The van der Waals surface area contributed by atoms with Crippen molar-refractivity contribution in [1.82, 2.24) is 0 Å². The molecule has 4 nitrogen and oxygen atoms in total. The lowest BCUT2D eigenvalue weighted by molar-refractivity contribution is 0.368.